The smallest absolute Gasteiger partial charge is 0.237 e. The maximum Gasteiger partial charge on any atom is 0.237 e. The summed E-state index contributed by atoms with van der Waals surface area (Å²) in [4.78, 5) is 26.7. The molecular weight excluding hydrogens is 326 g/mol. The van der Waals surface area contributed by atoms with Crippen molar-refractivity contribution < 1.29 is 9.59 Å². The number of rotatable bonds is 5. The molecule has 0 saturated carbocycles. The van der Waals surface area contributed by atoms with Crippen molar-refractivity contribution in [3.63, 3.8) is 0 Å². The molecule has 2 N–H and O–H groups in total. The molecule has 2 amide bonds. The summed E-state index contributed by atoms with van der Waals surface area (Å²) in [5, 5.41) is 6.01. The minimum atomic E-state index is -0.228. The van der Waals surface area contributed by atoms with Crippen LogP contribution in [-0.2, 0) is 22.4 Å². The maximum atomic E-state index is 12.6. The highest BCUT2D eigenvalue weighted by molar-refractivity contribution is 5.84. The SMILES string of the molecule is CC(NC(=O)CN1CCNC(=O)C1C(C)C)c1ccc2c(c1)CCCC2. The molecule has 1 aliphatic heterocycles. The van der Waals surface area contributed by atoms with E-state index in [0.29, 0.717) is 6.54 Å². The van der Waals surface area contributed by atoms with Gasteiger partial charge in [-0.2, -0.15) is 0 Å². The lowest BCUT2D eigenvalue weighted by atomic mass is 9.89. The lowest BCUT2D eigenvalue weighted by Gasteiger charge is -2.36. The normalized spacial score (nSPS) is 21.8. The van der Waals surface area contributed by atoms with E-state index in [1.165, 1.54) is 30.4 Å². The van der Waals surface area contributed by atoms with Crippen LogP contribution in [0.2, 0.25) is 0 Å². The molecule has 2 unspecified atom stereocenters. The van der Waals surface area contributed by atoms with E-state index in [0.717, 1.165) is 18.5 Å². The number of piperazine rings is 1. The zero-order valence-corrected chi connectivity index (χ0v) is 16.2. The van der Waals surface area contributed by atoms with Crippen molar-refractivity contribution in [3.8, 4) is 0 Å². The second-order valence-corrected chi connectivity index (χ2v) is 7.97. The molecule has 1 aromatic rings. The molecule has 3 rings (SSSR count). The number of fused-ring (bicyclic) bond motifs is 1. The van der Waals surface area contributed by atoms with Crippen LogP contribution in [0.4, 0.5) is 0 Å². The standard InChI is InChI=1S/C21H31N3O2/c1-14(2)20-21(26)22-10-11-24(20)13-19(25)23-15(3)17-9-8-16-6-4-5-7-18(16)12-17/h8-9,12,14-15,20H,4-7,10-11,13H2,1-3H3,(H,22,26)(H,23,25). The number of carbonyl (C=O) groups is 2. The Labute approximate surface area is 156 Å². The second kappa shape index (κ2) is 8.21. The number of nitrogens with one attached hydrogen (secondary N) is 2. The molecule has 0 spiro atoms. The summed E-state index contributed by atoms with van der Waals surface area (Å²) < 4.78 is 0. The van der Waals surface area contributed by atoms with Crippen molar-refractivity contribution in [2.24, 2.45) is 5.92 Å². The van der Waals surface area contributed by atoms with E-state index in [9.17, 15) is 9.59 Å². The molecule has 26 heavy (non-hydrogen) atoms. The van der Waals surface area contributed by atoms with E-state index in [4.69, 9.17) is 0 Å². The summed E-state index contributed by atoms with van der Waals surface area (Å²) in [5.41, 5.74) is 4.05. The first-order valence-corrected chi connectivity index (χ1v) is 9.88. The van der Waals surface area contributed by atoms with Gasteiger partial charge in [0.2, 0.25) is 11.8 Å². The fraction of sp³-hybridized carbons (Fsp3) is 0.619. The van der Waals surface area contributed by atoms with Crippen molar-refractivity contribution in [2.45, 2.75) is 58.5 Å². The van der Waals surface area contributed by atoms with Crippen LogP contribution in [0.3, 0.4) is 0 Å². The molecule has 2 aliphatic rings. The van der Waals surface area contributed by atoms with E-state index in [1.54, 1.807) is 0 Å². The van der Waals surface area contributed by atoms with Crippen LogP contribution in [0.15, 0.2) is 18.2 Å². The molecule has 5 nitrogen and oxygen atoms in total. The van der Waals surface area contributed by atoms with E-state index in [2.05, 4.69) is 28.8 Å². The Kier molecular flexibility index (Phi) is 5.97. The monoisotopic (exact) mass is 357 g/mol. The van der Waals surface area contributed by atoms with E-state index in [-0.39, 0.29) is 36.4 Å². The number of benzene rings is 1. The third-order valence-corrected chi connectivity index (χ3v) is 5.59. The number of hydrogen-bond acceptors (Lipinski definition) is 3. The summed E-state index contributed by atoms with van der Waals surface area (Å²) in [6.07, 6.45) is 4.84. The van der Waals surface area contributed by atoms with E-state index >= 15 is 0 Å². The third kappa shape index (κ3) is 4.26. The molecular formula is C21H31N3O2. The molecule has 5 heteroatoms. The van der Waals surface area contributed by atoms with Crippen molar-refractivity contribution in [3.05, 3.63) is 34.9 Å². The van der Waals surface area contributed by atoms with Gasteiger partial charge in [0.15, 0.2) is 0 Å². The summed E-state index contributed by atoms with van der Waals surface area (Å²) in [7, 11) is 0. The molecule has 2 atom stereocenters. The Bertz CT molecular complexity index is 671. The van der Waals surface area contributed by atoms with Crippen LogP contribution in [-0.4, -0.2) is 42.4 Å². The Morgan fingerprint density at radius 3 is 2.69 bits per heavy atom. The van der Waals surface area contributed by atoms with Gasteiger partial charge in [-0.3, -0.25) is 14.5 Å². The lowest BCUT2D eigenvalue weighted by molar-refractivity contribution is -0.133. The van der Waals surface area contributed by atoms with Crippen molar-refractivity contribution >= 4 is 11.8 Å². The predicted molar refractivity (Wildman–Crippen MR) is 103 cm³/mol. The predicted octanol–water partition coefficient (Wildman–Crippen LogP) is 2.20. The number of aryl methyl sites for hydroxylation is 2. The van der Waals surface area contributed by atoms with Crippen LogP contribution in [0, 0.1) is 5.92 Å². The number of hydrogen-bond donors (Lipinski definition) is 2. The molecule has 0 radical (unpaired) electrons. The van der Waals surface area contributed by atoms with Gasteiger partial charge in [0.1, 0.15) is 0 Å². The van der Waals surface area contributed by atoms with Crippen molar-refractivity contribution in [1.29, 1.82) is 0 Å². The first kappa shape index (κ1) is 18.9. The second-order valence-electron chi connectivity index (χ2n) is 7.97. The van der Waals surface area contributed by atoms with Crippen LogP contribution in [0.1, 0.15) is 56.3 Å². The Balaban J connectivity index is 1.61. The number of amides is 2. The van der Waals surface area contributed by atoms with Gasteiger partial charge in [-0.25, -0.2) is 0 Å². The largest absolute Gasteiger partial charge is 0.353 e. The highest BCUT2D eigenvalue weighted by Crippen LogP contribution is 2.24. The fourth-order valence-corrected chi connectivity index (χ4v) is 4.21. The molecule has 0 bridgehead atoms. The molecule has 1 saturated heterocycles. The molecule has 0 aromatic heterocycles. The first-order chi connectivity index (χ1) is 12.5. The molecule has 142 valence electrons. The average Bonchev–Trinajstić information content (AvgIpc) is 2.60. The van der Waals surface area contributed by atoms with Crippen LogP contribution in [0.25, 0.3) is 0 Å². The van der Waals surface area contributed by atoms with Gasteiger partial charge in [0.25, 0.3) is 0 Å². The van der Waals surface area contributed by atoms with Crippen LogP contribution < -0.4 is 10.6 Å². The van der Waals surface area contributed by atoms with Crippen molar-refractivity contribution in [2.75, 3.05) is 19.6 Å². The van der Waals surface area contributed by atoms with E-state index in [1.807, 2.05) is 25.7 Å². The zero-order valence-electron chi connectivity index (χ0n) is 16.2. The molecule has 1 aliphatic carbocycles. The minimum Gasteiger partial charge on any atom is -0.353 e. The maximum absolute atomic E-state index is 12.6. The first-order valence-electron chi connectivity index (χ1n) is 9.88. The Morgan fingerprint density at radius 1 is 1.23 bits per heavy atom. The van der Waals surface area contributed by atoms with Gasteiger partial charge in [-0.1, -0.05) is 32.0 Å². The van der Waals surface area contributed by atoms with Gasteiger partial charge in [0.05, 0.1) is 18.6 Å². The Hall–Kier alpha value is -1.88. The summed E-state index contributed by atoms with van der Waals surface area (Å²) in [6.45, 7) is 7.67. The highest BCUT2D eigenvalue weighted by atomic mass is 16.2. The van der Waals surface area contributed by atoms with Crippen LogP contribution >= 0.6 is 0 Å². The number of carbonyl (C=O) groups excluding carboxylic acids is 2. The summed E-state index contributed by atoms with van der Waals surface area (Å²) in [6, 6.07) is 6.36. The molecule has 1 heterocycles. The summed E-state index contributed by atoms with van der Waals surface area (Å²) in [5.74, 6) is 0.193. The Morgan fingerprint density at radius 2 is 1.96 bits per heavy atom. The van der Waals surface area contributed by atoms with Gasteiger partial charge in [-0.15, -0.1) is 0 Å². The van der Waals surface area contributed by atoms with Crippen molar-refractivity contribution in [1.82, 2.24) is 15.5 Å². The average molecular weight is 357 g/mol. The third-order valence-electron chi connectivity index (χ3n) is 5.59. The topological polar surface area (TPSA) is 61.4 Å². The molecule has 1 aromatic carbocycles. The van der Waals surface area contributed by atoms with Gasteiger partial charge >= 0.3 is 0 Å². The lowest BCUT2D eigenvalue weighted by Crippen LogP contribution is -2.59. The highest BCUT2D eigenvalue weighted by Gasteiger charge is 2.33. The zero-order chi connectivity index (χ0) is 18.7. The van der Waals surface area contributed by atoms with E-state index < -0.39 is 0 Å². The van der Waals surface area contributed by atoms with Gasteiger partial charge < -0.3 is 10.6 Å². The van der Waals surface area contributed by atoms with Crippen LogP contribution in [0.5, 0.6) is 0 Å². The molecule has 1 fully saturated rings. The minimum absolute atomic E-state index is 0.0180. The fourth-order valence-electron chi connectivity index (χ4n) is 4.21. The van der Waals surface area contributed by atoms with Gasteiger partial charge in [0, 0.05) is 13.1 Å². The number of nitrogens with zero attached hydrogens (tertiary/aromatic N) is 1. The summed E-state index contributed by atoms with van der Waals surface area (Å²) >= 11 is 0. The quantitative estimate of drug-likeness (QED) is 0.849. The van der Waals surface area contributed by atoms with Gasteiger partial charge in [-0.05, 0) is 55.2 Å².